The monoisotopic (exact) mass is 454 g/mol. The van der Waals surface area contributed by atoms with Crippen LogP contribution >= 0.6 is 0 Å². The first kappa shape index (κ1) is 25.3. The average Bonchev–Trinajstić information content (AvgIpc) is 2.87. The van der Waals surface area contributed by atoms with E-state index < -0.39 is 6.17 Å². The molecule has 0 N–H and O–H groups in total. The Kier molecular flexibility index (Phi) is 10.4. The van der Waals surface area contributed by atoms with Crippen LogP contribution in [0.3, 0.4) is 0 Å². The first-order valence-corrected chi connectivity index (χ1v) is 12.3. The molecule has 34 heavy (non-hydrogen) atoms. The maximum Gasteiger partial charge on any atom is 0.104 e. The minimum atomic E-state index is -0.791. The second-order valence-electron chi connectivity index (χ2n) is 8.62. The molecule has 0 spiro atoms. The maximum atomic E-state index is 14.0. The van der Waals surface area contributed by atoms with Gasteiger partial charge in [0.2, 0.25) is 0 Å². The molecule has 0 amide bonds. The molecule has 0 radical (unpaired) electrons. The van der Waals surface area contributed by atoms with E-state index in [2.05, 4.69) is 41.0 Å². The van der Waals surface area contributed by atoms with Crippen LogP contribution in [0.4, 0.5) is 4.39 Å². The Hall–Kier alpha value is -3.33. The van der Waals surface area contributed by atoms with Gasteiger partial charge in [0.05, 0.1) is 6.21 Å². The van der Waals surface area contributed by atoms with E-state index in [0.717, 1.165) is 47.2 Å². The summed E-state index contributed by atoms with van der Waals surface area (Å²) in [4.78, 5) is 0. The normalized spacial score (nSPS) is 12.7. The van der Waals surface area contributed by atoms with Gasteiger partial charge in [-0.1, -0.05) is 98.3 Å². The van der Waals surface area contributed by atoms with E-state index in [1.165, 1.54) is 18.4 Å². The number of unbranched alkanes of at least 4 members (excludes halogenated alkanes) is 2. The number of alkyl halides is 1. The van der Waals surface area contributed by atoms with E-state index >= 15 is 0 Å². The lowest BCUT2D eigenvalue weighted by Gasteiger charge is -2.09. The van der Waals surface area contributed by atoms with E-state index in [9.17, 15) is 4.39 Å². The van der Waals surface area contributed by atoms with Crippen molar-refractivity contribution < 1.29 is 4.39 Å². The fraction of sp³-hybridized carbons (Fsp3) is 0.290. The molecule has 0 aliphatic heterocycles. The van der Waals surface area contributed by atoms with Crippen molar-refractivity contribution in [2.24, 2.45) is 10.2 Å². The molecule has 2 nitrogen and oxygen atoms in total. The summed E-state index contributed by atoms with van der Waals surface area (Å²) >= 11 is 0. The average molecular weight is 455 g/mol. The van der Waals surface area contributed by atoms with Crippen LogP contribution in [0.1, 0.15) is 66.8 Å². The summed E-state index contributed by atoms with van der Waals surface area (Å²) in [6.07, 6.45) is 9.40. The third-order valence-corrected chi connectivity index (χ3v) is 5.80. The zero-order valence-electron chi connectivity index (χ0n) is 20.2. The minimum absolute atomic E-state index is 0.453. The molecule has 0 fully saturated rings. The fourth-order valence-corrected chi connectivity index (χ4v) is 3.89. The molecule has 0 bridgehead atoms. The van der Waals surface area contributed by atoms with E-state index in [4.69, 9.17) is 0 Å². The second-order valence-corrected chi connectivity index (χ2v) is 8.62. The topological polar surface area (TPSA) is 24.7 Å². The van der Waals surface area contributed by atoms with Crippen LogP contribution < -0.4 is 0 Å². The molecule has 0 saturated carbocycles. The van der Waals surface area contributed by atoms with Crippen LogP contribution in [0.2, 0.25) is 0 Å². The molecular weight excluding hydrogens is 419 g/mol. The first-order chi connectivity index (χ1) is 16.7. The van der Waals surface area contributed by atoms with E-state index in [1.807, 2.05) is 67.6 Å². The Balaban J connectivity index is 1.73. The number of nitrogens with zero attached hydrogens (tertiary/aromatic N) is 2. The highest BCUT2D eigenvalue weighted by Gasteiger charge is 2.10. The van der Waals surface area contributed by atoms with Crippen molar-refractivity contribution >= 4 is 11.9 Å². The van der Waals surface area contributed by atoms with E-state index in [-0.39, 0.29) is 0 Å². The zero-order valence-corrected chi connectivity index (χ0v) is 20.2. The third-order valence-electron chi connectivity index (χ3n) is 5.80. The number of benzene rings is 3. The second kappa shape index (κ2) is 14.0. The molecule has 3 heteroatoms. The van der Waals surface area contributed by atoms with Crippen molar-refractivity contribution in [3.8, 4) is 0 Å². The summed E-state index contributed by atoms with van der Waals surface area (Å²) < 4.78 is 14.0. The summed E-state index contributed by atoms with van der Waals surface area (Å²) in [5, 5.41) is 8.97. The molecule has 0 aliphatic rings. The predicted molar refractivity (Wildman–Crippen MR) is 144 cm³/mol. The molecule has 3 aromatic rings. The van der Waals surface area contributed by atoms with Gasteiger partial charge in [-0.3, -0.25) is 0 Å². The van der Waals surface area contributed by atoms with Gasteiger partial charge in [-0.15, -0.1) is 11.7 Å². The number of hydrogen-bond acceptors (Lipinski definition) is 2. The largest absolute Gasteiger partial charge is 0.247 e. The minimum Gasteiger partial charge on any atom is -0.247 e. The van der Waals surface area contributed by atoms with Crippen molar-refractivity contribution in [1.82, 2.24) is 0 Å². The molecule has 1 atom stereocenters. The highest BCUT2D eigenvalue weighted by Crippen LogP contribution is 2.16. The quantitative estimate of drug-likeness (QED) is 0.108. The van der Waals surface area contributed by atoms with Crippen molar-refractivity contribution in [1.29, 1.82) is 0 Å². The van der Waals surface area contributed by atoms with E-state index in [1.54, 1.807) is 6.21 Å². The molecule has 0 saturated heterocycles. The molecule has 3 aromatic carbocycles. The molecule has 176 valence electrons. The first-order valence-electron chi connectivity index (χ1n) is 12.3. The number of halogens is 1. The summed E-state index contributed by atoms with van der Waals surface area (Å²) in [6, 6.07) is 26.5. The van der Waals surface area contributed by atoms with Gasteiger partial charge >= 0.3 is 0 Å². The van der Waals surface area contributed by atoms with Crippen LogP contribution in [-0.2, 0) is 12.8 Å². The predicted octanol–water partition coefficient (Wildman–Crippen LogP) is 8.14. The van der Waals surface area contributed by atoms with Crippen LogP contribution in [0, 0.1) is 0 Å². The highest BCUT2D eigenvalue weighted by molar-refractivity contribution is 6.13. The van der Waals surface area contributed by atoms with Crippen LogP contribution in [0.5, 0.6) is 0 Å². The molecular formula is C31H35FN2. The molecule has 0 aromatic heterocycles. The Morgan fingerprint density at radius 2 is 1.56 bits per heavy atom. The van der Waals surface area contributed by atoms with Gasteiger partial charge in [-0.05, 0) is 48.8 Å². The van der Waals surface area contributed by atoms with Crippen LogP contribution in [0.25, 0.3) is 0 Å². The lowest BCUT2D eigenvalue weighted by Crippen LogP contribution is -2.06. The third kappa shape index (κ3) is 8.22. The number of rotatable bonds is 13. The molecule has 0 heterocycles. The Bertz CT molecular complexity index is 1050. The van der Waals surface area contributed by atoms with Crippen molar-refractivity contribution in [3.05, 3.63) is 119 Å². The number of hydrogen-bond donors (Lipinski definition) is 0. The van der Waals surface area contributed by atoms with Gasteiger partial charge in [-0.2, -0.15) is 5.10 Å². The highest BCUT2D eigenvalue weighted by atomic mass is 19.1. The smallest absolute Gasteiger partial charge is 0.104 e. The van der Waals surface area contributed by atoms with Crippen molar-refractivity contribution in [3.63, 3.8) is 0 Å². The van der Waals surface area contributed by atoms with Gasteiger partial charge in [-0.25, -0.2) is 4.39 Å². The standard InChI is InChI=1S/C31H35FN2/c1-3-5-6-8-12-25-15-17-27(18-16-25)24-33-34-31(28-13-9-7-10-14-28)29-21-19-26(20-22-29)23-30(32)11-4-2/h3,7,9-10,13-22,24,30H,1,4-6,8,11-12,23H2,2H3. The number of allylic oxidation sites excluding steroid dienone is 1. The number of aryl methyl sites for hydroxylation is 1. The zero-order chi connectivity index (χ0) is 24.0. The summed E-state index contributed by atoms with van der Waals surface area (Å²) in [5.74, 6) is 0. The van der Waals surface area contributed by atoms with Gasteiger partial charge in [0.25, 0.3) is 0 Å². The summed E-state index contributed by atoms with van der Waals surface area (Å²) in [6.45, 7) is 5.79. The summed E-state index contributed by atoms with van der Waals surface area (Å²) in [7, 11) is 0. The Morgan fingerprint density at radius 1 is 0.882 bits per heavy atom. The lowest BCUT2D eigenvalue weighted by atomic mass is 9.99. The summed E-state index contributed by atoms with van der Waals surface area (Å²) in [5.41, 5.74) is 6.12. The van der Waals surface area contributed by atoms with Crippen LogP contribution in [-0.4, -0.2) is 18.1 Å². The SMILES string of the molecule is C=CCCCCc1ccc(C=NN=C(c2ccccc2)c2ccc(CC(F)CCC)cc2)cc1. The fourth-order valence-electron chi connectivity index (χ4n) is 3.89. The lowest BCUT2D eigenvalue weighted by molar-refractivity contribution is 0.310. The maximum absolute atomic E-state index is 14.0. The van der Waals surface area contributed by atoms with Crippen molar-refractivity contribution in [2.75, 3.05) is 0 Å². The van der Waals surface area contributed by atoms with Gasteiger partial charge < -0.3 is 0 Å². The van der Waals surface area contributed by atoms with Gasteiger partial charge in [0.15, 0.2) is 0 Å². The molecule has 3 rings (SSSR count). The molecule has 1 unspecified atom stereocenters. The Morgan fingerprint density at radius 3 is 2.24 bits per heavy atom. The van der Waals surface area contributed by atoms with Gasteiger partial charge in [0.1, 0.15) is 11.9 Å². The Labute approximate surface area is 204 Å². The molecule has 0 aliphatic carbocycles. The van der Waals surface area contributed by atoms with Crippen LogP contribution in [0.15, 0.2) is 102 Å². The van der Waals surface area contributed by atoms with Crippen molar-refractivity contribution in [2.45, 2.75) is 58.0 Å². The van der Waals surface area contributed by atoms with Gasteiger partial charge in [0, 0.05) is 17.5 Å². The van der Waals surface area contributed by atoms with E-state index in [0.29, 0.717) is 12.8 Å².